The van der Waals surface area contributed by atoms with Crippen LogP contribution in [0, 0.1) is 10.1 Å². The van der Waals surface area contributed by atoms with Crippen LogP contribution in [0.1, 0.15) is 10.4 Å². The molecule has 4 rings (SSSR count). The molecule has 148 valence electrons. The molecule has 30 heavy (non-hydrogen) atoms. The highest BCUT2D eigenvalue weighted by molar-refractivity contribution is 6.30. The topological polar surface area (TPSA) is 113 Å². The zero-order valence-electron chi connectivity index (χ0n) is 15.2. The van der Waals surface area contributed by atoms with Crippen molar-refractivity contribution >= 4 is 23.2 Å². The first kappa shape index (κ1) is 19.2. The second-order valence-electron chi connectivity index (χ2n) is 6.21. The zero-order chi connectivity index (χ0) is 21.3. The largest absolute Gasteiger partial charge is 0.287 e. The first-order valence-corrected chi connectivity index (χ1v) is 9.01. The molecule has 0 aliphatic rings. The Morgan fingerprint density at radius 2 is 1.77 bits per heavy atom. The summed E-state index contributed by atoms with van der Waals surface area (Å²) in [4.78, 5) is 35.3. The number of nitro benzene ring substituents is 1. The van der Waals surface area contributed by atoms with Crippen molar-refractivity contribution in [2.45, 2.75) is 0 Å². The van der Waals surface area contributed by atoms with Gasteiger partial charge in [-0.05, 0) is 36.4 Å². The Morgan fingerprint density at radius 1 is 1.00 bits per heavy atom. The lowest BCUT2D eigenvalue weighted by molar-refractivity contribution is -0.384. The number of aromatic nitrogens is 4. The Labute approximate surface area is 173 Å². The Balaban J connectivity index is 1.69. The number of carbonyl (C=O) groups excluding carboxylic acids is 1. The fourth-order valence-electron chi connectivity index (χ4n) is 2.77. The highest BCUT2D eigenvalue weighted by atomic mass is 35.5. The van der Waals surface area contributed by atoms with Gasteiger partial charge < -0.3 is 0 Å². The van der Waals surface area contributed by atoms with Crippen LogP contribution < -0.4 is 5.43 Å². The van der Waals surface area contributed by atoms with Crippen LogP contribution in [0.4, 0.5) is 5.69 Å². The molecule has 2 heterocycles. The van der Waals surface area contributed by atoms with Crippen LogP contribution >= 0.6 is 11.6 Å². The molecule has 0 aliphatic heterocycles. The van der Waals surface area contributed by atoms with Gasteiger partial charge in [-0.1, -0.05) is 17.7 Å². The number of rotatable bonds is 4. The Morgan fingerprint density at radius 3 is 2.50 bits per heavy atom. The van der Waals surface area contributed by atoms with Gasteiger partial charge in [0.25, 0.3) is 11.6 Å². The summed E-state index contributed by atoms with van der Waals surface area (Å²) >= 11 is 5.90. The van der Waals surface area contributed by atoms with Gasteiger partial charge in [-0.2, -0.15) is 10.2 Å². The molecule has 4 aromatic rings. The van der Waals surface area contributed by atoms with Crippen molar-refractivity contribution in [3.8, 4) is 17.1 Å². The number of hydrogen-bond donors (Lipinski definition) is 0. The van der Waals surface area contributed by atoms with E-state index >= 15 is 0 Å². The molecular formula is C20H12ClN5O4. The zero-order valence-corrected chi connectivity index (χ0v) is 15.9. The molecule has 0 saturated carbocycles. The van der Waals surface area contributed by atoms with Crippen molar-refractivity contribution in [2.24, 2.45) is 0 Å². The number of nitro groups is 1. The number of non-ortho nitro benzene ring substituents is 1. The summed E-state index contributed by atoms with van der Waals surface area (Å²) in [5, 5.41) is 19.9. The lowest BCUT2D eigenvalue weighted by Gasteiger charge is -2.06. The monoisotopic (exact) mass is 421 g/mol. The van der Waals surface area contributed by atoms with Gasteiger partial charge in [0.05, 0.1) is 10.6 Å². The minimum Gasteiger partial charge on any atom is -0.287 e. The highest BCUT2D eigenvalue weighted by Gasteiger charge is 2.16. The lowest BCUT2D eigenvalue weighted by Crippen LogP contribution is -2.15. The Hall–Kier alpha value is -4.11. The number of nitrogens with zero attached hydrogens (tertiary/aromatic N) is 5. The SMILES string of the molecule is O=C(c1cccc([N+](=O)[O-])c1)n1ccc(-c2nn(-c3ccc(Cl)cc3)ccc2=O)n1. The van der Waals surface area contributed by atoms with E-state index in [0.29, 0.717) is 10.7 Å². The molecule has 0 spiro atoms. The van der Waals surface area contributed by atoms with Gasteiger partial charge in [0.15, 0.2) is 5.69 Å². The Kier molecular flexibility index (Phi) is 4.95. The van der Waals surface area contributed by atoms with Crippen LogP contribution in [0.5, 0.6) is 0 Å². The van der Waals surface area contributed by atoms with Crippen LogP contribution in [-0.4, -0.2) is 30.4 Å². The molecular weight excluding hydrogens is 410 g/mol. The third-order valence-electron chi connectivity index (χ3n) is 4.24. The van der Waals surface area contributed by atoms with Gasteiger partial charge >= 0.3 is 0 Å². The standard InChI is InChI=1S/C20H12ClN5O4/c21-14-4-6-15(7-5-14)24-11-9-18(27)19(23-24)17-8-10-25(22-17)20(28)13-2-1-3-16(12-13)26(29)30/h1-12H. The quantitative estimate of drug-likeness (QED) is 0.369. The van der Waals surface area contributed by atoms with Crippen molar-refractivity contribution < 1.29 is 9.72 Å². The fraction of sp³-hybridized carbons (Fsp3) is 0. The molecule has 2 aromatic heterocycles. The molecule has 0 radical (unpaired) electrons. The van der Waals surface area contributed by atoms with Crippen molar-refractivity contribution in [3.63, 3.8) is 0 Å². The van der Waals surface area contributed by atoms with Crippen molar-refractivity contribution in [1.82, 2.24) is 19.6 Å². The normalized spacial score (nSPS) is 10.7. The maximum absolute atomic E-state index is 12.6. The second-order valence-corrected chi connectivity index (χ2v) is 6.64. The average molecular weight is 422 g/mol. The average Bonchev–Trinajstić information content (AvgIpc) is 3.24. The van der Waals surface area contributed by atoms with Crippen molar-refractivity contribution in [1.29, 1.82) is 0 Å². The molecule has 0 bridgehead atoms. The molecule has 0 unspecified atom stereocenters. The highest BCUT2D eigenvalue weighted by Crippen LogP contribution is 2.17. The van der Waals surface area contributed by atoms with Gasteiger partial charge in [0.2, 0.25) is 5.43 Å². The van der Waals surface area contributed by atoms with E-state index in [1.807, 2.05) is 0 Å². The summed E-state index contributed by atoms with van der Waals surface area (Å²) in [5.41, 5.74) is 0.461. The third kappa shape index (κ3) is 3.74. The van der Waals surface area contributed by atoms with Crippen molar-refractivity contribution in [3.05, 3.63) is 104 Å². The molecule has 0 N–H and O–H groups in total. The van der Waals surface area contributed by atoms with Gasteiger partial charge in [0.1, 0.15) is 5.69 Å². The number of benzene rings is 2. The molecule has 0 atom stereocenters. The predicted octanol–water partition coefficient (Wildman–Crippen LogP) is 3.35. The second kappa shape index (κ2) is 7.72. The van der Waals surface area contributed by atoms with Gasteiger partial charge in [-0.15, -0.1) is 0 Å². The van der Waals surface area contributed by atoms with Gasteiger partial charge in [-0.3, -0.25) is 19.7 Å². The van der Waals surface area contributed by atoms with E-state index in [9.17, 15) is 19.7 Å². The van der Waals surface area contributed by atoms with Crippen molar-refractivity contribution in [2.75, 3.05) is 0 Å². The number of carbonyl (C=O) groups is 1. The molecule has 2 aromatic carbocycles. The summed E-state index contributed by atoms with van der Waals surface area (Å²) in [6, 6.07) is 15.0. The number of hydrogen-bond acceptors (Lipinski definition) is 6. The van der Waals surface area contributed by atoms with E-state index in [1.165, 1.54) is 47.4 Å². The van der Waals surface area contributed by atoms with Crippen LogP contribution in [0.2, 0.25) is 5.02 Å². The molecule has 0 saturated heterocycles. The summed E-state index contributed by atoms with van der Waals surface area (Å²) in [5.74, 6) is -0.570. The van der Waals surface area contributed by atoms with Crippen LogP contribution in [0.3, 0.4) is 0 Å². The molecule has 9 nitrogen and oxygen atoms in total. The first-order chi connectivity index (χ1) is 14.4. The summed E-state index contributed by atoms with van der Waals surface area (Å²) in [6.07, 6.45) is 2.89. The summed E-state index contributed by atoms with van der Waals surface area (Å²) in [7, 11) is 0. The maximum Gasteiger partial charge on any atom is 0.278 e. The third-order valence-corrected chi connectivity index (χ3v) is 4.50. The Bertz CT molecular complexity index is 1330. The minimum absolute atomic E-state index is 0.0537. The van der Waals surface area contributed by atoms with Crippen LogP contribution in [0.25, 0.3) is 17.1 Å². The van der Waals surface area contributed by atoms with Gasteiger partial charge in [-0.25, -0.2) is 9.36 Å². The van der Waals surface area contributed by atoms with E-state index in [1.54, 1.807) is 24.3 Å². The van der Waals surface area contributed by atoms with Crippen LogP contribution in [-0.2, 0) is 0 Å². The lowest BCUT2D eigenvalue weighted by atomic mass is 10.2. The van der Waals surface area contributed by atoms with Gasteiger partial charge in [0, 0.05) is 41.2 Å². The van der Waals surface area contributed by atoms with Crippen LogP contribution in [0.15, 0.2) is 77.9 Å². The minimum atomic E-state index is -0.585. The maximum atomic E-state index is 12.6. The summed E-state index contributed by atoms with van der Waals surface area (Å²) < 4.78 is 2.50. The molecule has 10 heteroatoms. The summed E-state index contributed by atoms with van der Waals surface area (Å²) in [6.45, 7) is 0. The fourth-order valence-corrected chi connectivity index (χ4v) is 2.90. The first-order valence-electron chi connectivity index (χ1n) is 8.63. The van der Waals surface area contributed by atoms with E-state index in [4.69, 9.17) is 11.6 Å². The smallest absolute Gasteiger partial charge is 0.278 e. The van der Waals surface area contributed by atoms with E-state index in [2.05, 4.69) is 10.2 Å². The van der Waals surface area contributed by atoms with E-state index in [0.717, 1.165) is 10.7 Å². The number of halogens is 1. The molecule has 0 aliphatic carbocycles. The van der Waals surface area contributed by atoms with E-state index in [-0.39, 0.29) is 28.1 Å². The van der Waals surface area contributed by atoms with E-state index < -0.39 is 10.8 Å². The predicted molar refractivity (Wildman–Crippen MR) is 109 cm³/mol. The molecule has 0 amide bonds. The molecule has 0 fully saturated rings.